The molecule has 0 saturated carbocycles. The van der Waals surface area contributed by atoms with Crippen molar-refractivity contribution >= 4 is 23.4 Å². The molecule has 2 saturated heterocycles. The number of nitrogens with zero attached hydrogens (tertiary/aromatic N) is 3. The van der Waals surface area contributed by atoms with Gasteiger partial charge in [0.05, 0.1) is 6.10 Å². The number of hydrogen-bond acceptors (Lipinski definition) is 5. The third-order valence-corrected chi connectivity index (χ3v) is 6.54. The lowest BCUT2D eigenvalue weighted by atomic mass is 9.99. The van der Waals surface area contributed by atoms with Crippen molar-refractivity contribution in [1.82, 2.24) is 15.0 Å². The van der Waals surface area contributed by atoms with Gasteiger partial charge in [-0.25, -0.2) is 0 Å². The van der Waals surface area contributed by atoms with E-state index in [1.165, 1.54) is 0 Å². The molecule has 2 aliphatic heterocycles. The SMILES string of the molecule is CC1CCN(C(=O)CCN(CC2CCCO2)C(=O)c2cc(-c3cccc(Cl)c3)on2)CC1. The summed E-state index contributed by atoms with van der Waals surface area (Å²) >= 11 is 6.07. The molecule has 2 fully saturated rings. The predicted molar refractivity (Wildman–Crippen MR) is 121 cm³/mol. The summed E-state index contributed by atoms with van der Waals surface area (Å²) in [7, 11) is 0. The Bertz CT molecular complexity index is 933. The average Bonchev–Trinajstić information content (AvgIpc) is 3.49. The maximum Gasteiger partial charge on any atom is 0.276 e. The van der Waals surface area contributed by atoms with Crippen LogP contribution in [0.15, 0.2) is 34.9 Å². The molecule has 1 unspecified atom stereocenters. The Morgan fingerprint density at radius 3 is 2.75 bits per heavy atom. The van der Waals surface area contributed by atoms with Crippen molar-refractivity contribution in [3.63, 3.8) is 0 Å². The number of piperidine rings is 1. The third kappa shape index (κ3) is 5.70. The summed E-state index contributed by atoms with van der Waals surface area (Å²) in [4.78, 5) is 29.6. The minimum Gasteiger partial charge on any atom is -0.376 e. The fourth-order valence-corrected chi connectivity index (χ4v) is 4.46. The molecule has 2 amide bonds. The van der Waals surface area contributed by atoms with E-state index < -0.39 is 0 Å². The van der Waals surface area contributed by atoms with E-state index in [1.807, 2.05) is 17.0 Å². The van der Waals surface area contributed by atoms with Crippen molar-refractivity contribution in [2.45, 2.75) is 45.1 Å². The zero-order valence-electron chi connectivity index (χ0n) is 18.5. The number of hydrogen-bond donors (Lipinski definition) is 0. The van der Waals surface area contributed by atoms with Gasteiger partial charge >= 0.3 is 0 Å². The first-order chi connectivity index (χ1) is 15.5. The second-order valence-corrected chi connectivity index (χ2v) is 9.22. The van der Waals surface area contributed by atoms with Crippen LogP contribution < -0.4 is 0 Å². The molecule has 2 aromatic rings. The van der Waals surface area contributed by atoms with Crippen LogP contribution in [0.5, 0.6) is 0 Å². The molecule has 0 radical (unpaired) electrons. The molecule has 32 heavy (non-hydrogen) atoms. The fraction of sp³-hybridized carbons (Fsp3) is 0.542. The maximum absolute atomic E-state index is 13.3. The highest BCUT2D eigenvalue weighted by molar-refractivity contribution is 6.30. The van der Waals surface area contributed by atoms with Gasteiger partial charge in [-0.2, -0.15) is 0 Å². The van der Waals surface area contributed by atoms with E-state index in [1.54, 1.807) is 23.1 Å². The van der Waals surface area contributed by atoms with Crippen LogP contribution in [-0.4, -0.2) is 65.7 Å². The fourth-order valence-electron chi connectivity index (χ4n) is 4.27. The highest BCUT2D eigenvalue weighted by Gasteiger charge is 2.27. The van der Waals surface area contributed by atoms with E-state index in [0.29, 0.717) is 42.8 Å². The Morgan fingerprint density at radius 2 is 2.03 bits per heavy atom. The molecule has 1 atom stereocenters. The smallest absolute Gasteiger partial charge is 0.276 e. The number of likely N-dealkylation sites (tertiary alicyclic amines) is 1. The number of ether oxygens (including phenoxy) is 1. The number of aromatic nitrogens is 1. The number of rotatable bonds is 7. The van der Waals surface area contributed by atoms with Crippen LogP contribution >= 0.6 is 11.6 Å². The molecule has 7 nitrogen and oxygen atoms in total. The molecule has 172 valence electrons. The van der Waals surface area contributed by atoms with E-state index in [9.17, 15) is 9.59 Å². The molecule has 0 bridgehead atoms. The van der Waals surface area contributed by atoms with Gasteiger partial charge in [0.2, 0.25) is 5.91 Å². The molecule has 0 aliphatic carbocycles. The second-order valence-electron chi connectivity index (χ2n) is 8.79. The normalized spacial score (nSPS) is 19.3. The van der Waals surface area contributed by atoms with Crippen molar-refractivity contribution in [1.29, 1.82) is 0 Å². The predicted octanol–water partition coefficient (Wildman–Crippen LogP) is 4.26. The van der Waals surface area contributed by atoms with Gasteiger partial charge in [-0.15, -0.1) is 0 Å². The topological polar surface area (TPSA) is 75.9 Å². The number of benzene rings is 1. The first kappa shape index (κ1) is 22.8. The Hall–Kier alpha value is -2.38. The van der Waals surface area contributed by atoms with E-state index in [4.69, 9.17) is 20.9 Å². The van der Waals surface area contributed by atoms with Gasteiger partial charge in [0.25, 0.3) is 5.91 Å². The lowest BCUT2D eigenvalue weighted by Gasteiger charge is -2.31. The average molecular weight is 460 g/mol. The van der Waals surface area contributed by atoms with Crippen LogP contribution in [0.3, 0.4) is 0 Å². The Kier molecular flexibility index (Phi) is 7.48. The monoisotopic (exact) mass is 459 g/mol. The summed E-state index contributed by atoms with van der Waals surface area (Å²) in [5.74, 6) is 0.989. The minimum atomic E-state index is -0.252. The Labute approximate surface area is 193 Å². The number of halogens is 1. The van der Waals surface area contributed by atoms with E-state index >= 15 is 0 Å². The largest absolute Gasteiger partial charge is 0.376 e. The van der Waals surface area contributed by atoms with Gasteiger partial charge in [0.1, 0.15) is 0 Å². The Balaban J connectivity index is 1.43. The molecular formula is C24H30ClN3O4. The van der Waals surface area contributed by atoms with Gasteiger partial charge < -0.3 is 19.1 Å². The summed E-state index contributed by atoms with van der Waals surface area (Å²) in [5, 5.41) is 4.58. The van der Waals surface area contributed by atoms with Gasteiger partial charge in [0.15, 0.2) is 11.5 Å². The number of carbonyl (C=O) groups is 2. The van der Waals surface area contributed by atoms with Crippen molar-refractivity contribution in [3.8, 4) is 11.3 Å². The second kappa shape index (κ2) is 10.5. The van der Waals surface area contributed by atoms with Crippen molar-refractivity contribution in [2.75, 3.05) is 32.8 Å². The molecule has 3 heterocycles. The third-order valence-electron chi connectivity index (χ3n) is 6.31. The van der Waals surface area contributed by atoms with Crippen LogP contribution in [0.4, 0.5) is 0 Å². The van der Waals surface area contributed by atoms with E-state index in [2.05, 4.69) is 12.1 Å². The van der Waals surface area contributed by atoms with Gasteiger partial charge in [-0.3, -0.25) is 9.59 Å². The van der Waals surface area contributed by atoms with Crippen LogP contribution in [0.1, 0.15) is 49.5 Å². The molecule has 4 rings (SSSR count). The standard InChI is InChI=1S/C24H30ClN3O4/c1-17-7-10-27(11-8-17)23(29)9-12-28(16-20-6-3-13-31-20)24(30)21-15-22(32-26-21)18-4-2-5-19(25)14-18/h2,4-5,14-15,17,20H,3,6-13,16H2,1H3. The number of carbonyl (C=O) groups excluding carboxylic acids is 2. The molecule has 1 aromatic carbocycles. The minimum absolute atomic E-state index is 0.0100. The summed E-state index contributed by atoms with van der Waals surface area (Å²) in [5.41, 5.74) is 0.974. The van der Waals surface area contributed by atoms with Gasteiger partial charge in [-0.1, -0.05) is 35.8 Å². The summed E-state index contributed by atoms with van der Waals surface area (Å²) < 4.78 is 11.2. The van der Waals surface area contributed by atoms with Crippen LogP contribution in [0.25, 0.3) is 11.3 Å². The van der Waals surface area contributed by atoms with Crippen molar-refractivity contribution in [3.05, 3.63) is 41.0 Å². The molecule has 0 spiro atoms. The lowest BCUT2D eigenvalue weighted by molar-refractivity contribution is -0.132. The summed E-state index contributed by atoms with van der Waals surface area (Å²) in [6.45, 7) is 5.31. The zero-order valence-corrected chi connectivity index (χ0v) is 19.2. The summed E-state index contributed by atoms with van der Waals surface area (Å²) in [6.07, 6.45) is 4.26. The lowest BCUT2D eigenvalue weighted by Crippen LogP contribution is -2.42. The molecule has 2 aliphatic rings. The summed E-state index contributed by atoms with van der Waals surface area (Å²) in [6, 6.07) is 8.83. The quantitative estimate of drug-likeness (QED) is 0.618. The van der Waals surface area contributed by atoms with Gasteiger partial charge in [-0.05, 0) is 43.7 Å². The highest BCUT2D eigenvalue weighted by atomic mass is 35.5. The highest BCUT2D eigenvalue weighted by Crippen LogP contribution is 2.24. The van der Waals surface area contributed by atoms with E-state index in [-0.39, 0.29) is 23.6 Å². The van der Waals surface area contributed by atoms with Gasteiger partial charge in [0, 0.05) is 55.9 Å². The van der Waals surface area contributed by atoms with Crippen LogP contribution in [0.2, 0.25) is 5.02 Å². The molecule has 8 heteroatoms. The molecule has 1 aromatic heterocycles. The van der Waals surface area contributed by atoms with E-state index in [0.717, 1.165) is 44.3 Å². The van der Waals surface area contributed by atoms with Crippen LogP contribution in [-0.2, 0) is 9.53 Å². The first-order valence-corrected chi connectivity index (χ1v) is 11.8. The zero-order chi connectivity index (χ0) is 22.5. The van der Waals surface area contributed by atoms with Crippen molar-refractivity contribution in [2.24, 2.45) is 5.92 Å². The van der Waals surface area contributed by atoms with Crippen molar-refractivity contribution < 1.29 is 18.8 Å². The maximum atomic E-state index is 13.3. The van der Waals surface area contributed by atoms with Crippen LogP contribution in [0, 0.1) is 5.92 Å². The number of amides is 2. The molecule has 0 N–H and O–H groups in total. The Morgan fingerprint density at radius 1 is 1.22 bits per heavy atom. The first-order valence-electron chi connectivity index (χ1n) is 11.4. The molecular weight excluding hydrogens is 430 g/mol.